The van der Waals surface area contributed by atoms with E-state index in [1.54, 1.807) is 13.2 Å². The molecule has 1 spiro atoms. The van der Waals surface area contributed by atoms with E-state index in [0.29, 0.717) is 6.42 Å². The van der Waals surface area contributed by atoms with Gasteiger partial charge in [-0.05, 0) is 30.7 Å². The summed E-state index contributed by atoms with van der Waals surface area (Å²) in [6, 6.07) is 4.06. The predicted octanol–water partition coefficient (Wildman–Crippen LogP) is 1.72. The second-order valence-corrected chi connectivity index (χ2v) is 5.71. The summed E-state index contributed by atoms with van der Waals surface area (Å²) in [5, 5.41) is 3.46. The van der Waals surface area contributed by atoms with E-state index in [4.69, 9.17) is 9.47 Å². The summed E-state index contributed by atoms with van der Waals surface area (Å²) in [7, 11) is 1.66. The Bertz CT molecular complexity index is 622. The molecule has 4 rings (SSSR count). The molecular formula is C16H17NO3. The summed E-state index contributed by atoms with van der Waals surface area (Å²) in [6.07, 6.45) is 5.10. The molecule has 3 aliphatic rings. The molecule has 2 aliphatic heterocycles. The third-order valence-electron chi connectivity index (χ3n) is 4.71. The number of hydrogen-bond acceptors (Lipinski definition) is 4. The van der Waals surface area contributed by atoms with Crippen molar-refractivity contribution < 1.29 is 14.3 Å². The Morgan fingerprint density at radius 1 is 1.45 bits per heavy atom. The van der Waals surface area contributed by atoms with Crippen molar-refractivity contribution in [1.29, 1.82) is 0 Å². The smallest absolute Gasteiger partial charge is 0.166 e. The zero-order valence-corrected chi connectivity index (χ0v) is 11.4. The molecule has 4 heteroatoms. The van der Waals surface area contributed by atoms with Crippen molar-refractivity contribution in [2.75, 3.05) is 13.7 Å². The summed E-state index contributed by atoms with van der Waals surface area (Å²) in [5.41, 5.74) is 2.30. The van der Waals surface area contributed by atoms with Crippen molar-refractivity contribution in [2.24, 2.45) is 0 Å². The first-order chi connectivity index (χ1) is 9.74. The van der Waals surface area contributed by atoms with Crippen LogP contribution in [0.3, 0.4) is 0 Å². The minimum Gasteiger partial charge on any atom is -0.493 e. The van der Waals surface area contributed by atoms with E-state index in [1.807, 2.05) is 6.07 Å². The van der Waals surface area contributed by atoms with Crippen molar-refractivity contribution in [2.45, 2.75) is 30.9 Å². The number of benzene rings is 1. The van der Waals surface area contributed by atoms with E-state index in [1.165, 1.54) is 11.1 Å². The maximum atomic E-state index is 11.7. The Labute approximate surface area is 117 Å². The highest BCUT2D eigenvalue weighted by atomic mass is 16.5. The van der Waals surface area contributed by atoms with Gasteiger partial charge in [-0.1, -0.05) is 12.1 Å². The Morgan fingerprint density at radius 3 is 3.20 bits per heavy atom. The molecule has 2 unspecified atom stereocenters. The maximum Gasteiger partial charge on any atom is 0.166 e. The molecule has 2 atom stereocenters. The second-order valence-electron chi connectivity index (χ2n) is 5.71. The van der Waals surface area contributed by atoms with Gasteiger partial charge in [0.25, 0.3) is 0 Å². The van der Waals surface area contributed by atoms with E-state index in [-0.39, 0.29) is 17.3 Å². The number of methoxy groups -OCH3 is 1. The summed E-state index contributed by atoms with van der Waals surface area (Å²) >= 11 is 0. The first-order valence-electron chi connectivity index (χ1n) is 7.04. The van der Waals surface area contributed by atoms with Crippen LogP contribution >= 0.6 is 0 Å². The fourth-order valence-corrected chi connectivity index (χ4v) is 3.74. The van der Waals surface area contributed by atoms with Crippen LogP contribution in [-0.4, -0.2) is 25.5 Å². The highest BCUT2D eigenvalue weighted by Gasteiger charge is 2.52. The van der Waals surface area contributed by atoms with Crippen molar-refractivity contribution in [3.05, 3.63) is 35.4 Å². The summed E-state index contributed by atoms with van der Waals surface area (Å²) in [4.78, 5) is 11.7. The molecule has 0 saturated carbocycles. The zero-order valence-electron chi connectivity index (χ0n) is 11.4. The average molecular weight is 271 g/mol. The van der Waals surface area contributed by atoms with Gasteiger partial charge < -0.3 is 14.8 Å². The first-order valence-corrected chi connectivity index (χ1v) is 7.04. The van der Waals surface area contributed by atoms with E-state index < -0.39 is 0 Å². The SMILES string of the molecule is COc1ccc2c3c1OC1CC(=O)C=CC31CCNC2. The molecule has 1 aromatic rings. The van der Waals surface area contributed by atoms with Gasteiger partial charge in [-0.15, -0.1) is 0 Å². The highest BCUT2D eigenvalue weighted by molar-refractivity contribution is 5.92. The van der Waals surface area contributed by atoms with Crippen LogP contribution in [-0.2, 0) is 16.8 Å². The molecule has 2 heterocycles. The molecule has 0 bridgehead atoms. The lowest BCUT2D eigenvalue weighted by Gasteiger charge is -2.33. The molecular weight excluding hydrogens is 254 g/mol. The standard InChI is InChI=1S/C16H17NO3/c1-19-12-3-2-10-9-17-7-6-16-5-4-11(18)8-13(16)20-15(12)14(10)16/h2-5,13,17H,6-9H2,1H3. The van der Waals surface area contributed by atoms with Crippen molar-refractivity contribution in [3.8, 4) is 11.5 Å². The highest BCUT2D eigenvalue weighted by Crippen LogP contribution is 2.54. The van der Waals surface area contributed by atoms with Gasteiger partial charge in [-0.25, -0.2) is 0 Å². The van der Waals surface area contributed by atoms with Gasteiger partial charge in [0.05, 0.1) is 12.5 Å². The van der Waals surface area contributed by atoms with Gasteiger partial charge in [-0.3, -0.25) is 4.79 Å². The van der Waals surface area contributed by atoms with Crippen molar-refractivity contribution in [1.82, 2.24) is 5.32 Å². The number of hydrogen-bond donors (Lipinski definition) is 1. The Hall–Kier alpha value is -1.81. The van der Waals surface area contributed by atoms with Gasteiger partial charge in [0.1, 0.15) is 6.10 Å². The summed E-state index contributed by atoms with van der Waals surface area (Å²) in [5.74, 6) is 1.74. The molecule has 104 valence electrons. The van der Waals surface area contributed by atoms with Crippen LogP contribution < -0.4 is 14.8 Å². The monoisotopic (exact) mass is 271 g/mol. The van der Waals surface area contributed by atoms with E-state index in [9.17, 15) is 4.79 Å². The quantitative estimate of drug-likeness (QED) is 0.845. The van der Waals surface area contributed by atoms with E-state index in [2.05, 4.69) is 17.5 Å². The van der Waals surface area contributed by atoms with Crippen LogP contribution in [0, 0.1) is 0 Å². The van der Waals surface area contributed by atoms with Crippen molar-refractivity contribution >= 4 is 5.78 Å². The average Bonchev–Trinajstić information content (AvgIpc) is 2.66. The lowest BCUT2D eigenvalue weighted by molar-refractivity contribution is -0.117. The Kier molecular flexibility index (Phi) is 2.45. The van der Waals surface area contributed by atoms with Crippen LogP contribution in [0.25, 0.3) is 0 Å². The van der Waals surface area contributed by atoms with Crippen LogP contribution in [0.15, 0.2) is 24.3 Å². The number of carbonyl (C=O) groups excluding carboxylic acids is 1. The van der Waals surface area contributed by atoms with Crippen LogP contribution in [0.4, 0.5) is 0 Å². The number of ether oxygens (including phenoxy) is 2. The predicted molar refractivity (Wildman–Crippen MR) is 74.2 cm³/mol. The molecule has 0 fully saturated rings. The van der Waals surface area contributed by atoms with Crippen LogP contribution in [0.5, 0.6) is 11.5 Å². The van der Waals surface area contributed by atoms with Gasteiger partial charge in [-0.2, -0.15) is 0 Å². The number of rotatable bonds is 1. The zero-order chi connectivity index (χ0) is 13.7. The second kappa shape index (κ2) is 4.09. The number of carbonyl (C=O) groups is 1. The fourth-order valence-electron chi connectivity index (χ4n) is 3.74. The van der Waals surface area contributed by atoms with E-state index in [0.717, 1.165) is 31.0 Å². The molecule has 0 saturated heterocycles. The number of ketones is 1. The third kappa shape index (κ3) is 1.43. The largest absolute Gasteiger partial charge is 0.493 e. The molecule has 20 heavy (non-hydrogen) atoms. The minimum absolute atomic E-state index is 0.0926. The van der Waals surface area contributed by atoms with Crippen LogP contribution in [0.2, 0.25) is 0 Å². The van der Waals surface area contributed by atoms with Gasteiger partial charge in [0, 0.05) is 18.5 Å². The normalized spacial score (nSPS) is 30.2. The molecule has 1 aliphatic carbocycles. The first kappa shape index (κ1) is 12.0. The molecule has 1 aromatic carbocycles. The lowest BCUT2D eigenvalue weighted by atomic mass is 9.69. The Balaban J connectivity index is 1.98. The topological polar surface area (TPSA) is 47.6 Å². The van der Waals surface area contributed by atoms with Crippen LogP contribution in [0.1, 0.15) is 24.0 Å². The summed E-state index contributed by atoms with van der Waals surface area (Å²) < 4.78 is 11.6. The van der Waals surface area contributed by atoms with Crippen molar-refractivity contribution in [3.63, 3.8) is 0 Å². The fraction of sp³-hybridized carbons (Fsp3) is 0.438. The lowest BCUT2D eigenvalue weighted by Crippen LogP contribution is -2.41. The van der Waals surface area contributed by atoms with E-state index >= 15 is 0 Å². The molecule has 0 aromatic heterocycles. The molecule has 0 amide bonds. The maximum absolute atomic E-state index is 11.7. The molecule has 0 radical (unpaired) electrons. The Morgan fingerprint density at radius 2 is 2.35 bits per heavy atom. The number of allylic oxidation sites excluding steroid dienone is 1. The molecule has 1 N–H and O–H groups in total. The molecule has 4 nitrogen and oxygen atoms in total. The summed E-state index contributed by atoms with van der Waals surface area (Å²) in [6.45, 7) is 1.76. The third-order valence-corrected chi connectivity index (χ3v) is 4.71. The van der Waals surface area contributed by atoms with Gasteiger partial charge in [0.2, 0.25) is 0 Å². The minimum atomic E-state index is -0.170. The number of nitrogens with one attached hydrogen (secondary N) is 1. The van der Waals surface area contributed by atoms with Gasteiger partial charge >= 0.3 is 0 Å². The van der Waals surface area contributed by atoms with Gasteiger partial charge in [0.15, 0.2) is 17.3 Å².